The van der Waals surface area contributed by atoms with Crippen molar-refractivity contribution >= 4 is 5.97 Å². The number of esters is 1. The van der Waals surface area contributed by atoms with Crippen LogP contribution in [0.15, 0.2) is 11.8 Å². The van der Waals surface area contributed by atoms with Crippen LogP contribution in [0.4, 0.5) is 0 Å². The average molecular weight is 199 g/mol. The number of carbonyl (C=O) groups is 1. The Morgan fingerprint density at radius 3 is 2.43 bits per heavy atom. The van der Waals surface area contributed by atoms with Crippen molar-refractivity contribution in [2.45, 2.75) is 46.6 Å². The smallest absolute Gasteiger partial charge is 0.333 e. The summed E-state index contributed by atoms with van der Waals surface area (Å²) in [6, 6.07) is 0. The van der Waals surface area contributed by atoms with Gasteiger partial charge >= 0.3 is 5.97 Å². The second-order valence-electron chi connectivity index (χ2n) is 4.29. The molecule has 0 aromatic heterocycles. The summed E-state index contributed by atoms with van der Waals surface area (Å²) in [5.74, 6) is -0.293. The van der Waals surface area contributed by atoms with Crippen LogP contribution in [0.1, 0.15) is 41.0 Å². The Morgan fingerprint density at radius 2 is 2.00 bits per heavy atom. The summed E-state index contributed by atoms with van der Waals surface area (Å²) in [6.07, 6.45) is 2.53. The van der Waals surface area contributed by atoms with Gasteiger partial charge in [0.15, 0.2) is 0 Å². The minimum atomic E-state index is -0.418. The number of hydrogen-bond acceptors (Lipinski definition) is 3. The lowest BCUT2D eigenvalue weighted by molar-refractivity contribution is -0.148. The van der Waals surface area contributed by atoms with Crippen LogP contribution in [0, 0.1) is 0 Å². The van der Waals surface area contributed by atoms with E-state index in [4.69, 9.17) is 4.74 Å². The molecule has 3 heteroatoms. The van der Waals surface area contributed by atoms with Gasteiger partial charge < -0.3 is 10.1 Å². The molecule has 0 unspecified atom stereocenters. The van der Waals surface area contributed by atoms with Crippen LogP contribution in [-0.4, -0.2) is 18.1 Å². The zero-order valence-electron chi connectivity index (χ0n) is 9.81. The van der Waals surface area contributed by atoms with E-state index in [1.165, 1.54) is 6.08 Å². The van der Waals surface area contributed by atoms with E-state index < -0.39 is 5.60 Å². The molecule has 0 radical (unpaired) electrons. The van der Waals surface area contributed by atoms with E-state index in [0.29, 0.717) is 0 Å². The van der Waals surface area contributed by atoms with Crippen LogP contribution in [0.2, 0.25) is 0 Å². The number of ether oxygens (including phenoxy) is 1. The maximum atomic E-state index is 11.3. The van der Waals surface area contributed by atoms with Gasteiger partial charge in [-0.25, -0.2) is 4.79 Å². The summed E-state index contributed by atoms with van der Waals surface area (Å²) >= 11 is 0. The predicted molar refractivity (Wildman–Crippen MR) is 57.9 cm³/mol. The Bertz CT molecular complexity index is 214. The molecule has 0 aromatic rings. The highest BCUT2D eigenvalue weighted by molar-refractivity contribution is 5.82. The number of allylic oxidation sites excluding steroid dienone is 1. The lowest BCUT2D eigenvalue weighted by atomic mass is 10.2. The van der Waals surface area contributed by atoms with Crippen LogP contribution in [0.25, 0.3) is 0 Å². The van der Waals surface area contributed by atoms with Gasteiger partial charge in [-0.2, -0.15) is 0 Å². The van der Waals surface area contributed by atoms with Crippen LogP contribution < -0.4 is 5.32 Å². The molecule has 0 saturated heterocycles. The highest BCUT2D eigenvalue weighted by Crippen LogP contribution is 2.07. The molecule has 14 heavy (non-hydrogen) atoms. The van der Waals surface area contributed by atoms with Crippen LogP contribution in [0.5, 0.6) is 0 Å². The van der Waals surface area contributed by atoms with Gasteiger partial charge in [-0.1, -0.05) is 6.92 Å². The van der Waals surface area contributed by atoms with Crippen molar-refractivity contribution in [2.75, 3.05) is 6.54 Å². The minimum absolute atomic E-state index is 0.293. The molecular formula is C11H21NO2. The van der Waals surface area contributed by atoms with Crippen LogP contribution in [-0.2, 0) is 9.53 Å². The molecule has 0 aliphatic rings. The molecule has 0 atom stereocenters. The molecule has 0 bridgehead atoms. The van der Waals surface area contributed by atoms with Gasteiger partial charge in [-0.15, -0.1) is 0 Å². The third-order valence-corrected chi connectivity index (χ3v) is 1.39. The van der Waals surface area contributed by atoms with Crippen molar-refractivity contribution < 1.29 is 9.53 Å². The standard InChI is InChI=1S/C11H21NO2/c1-6-7-12-9(2)8-10(13)14-11(3,4)5/h8,12H,6-7H2,1-5H3/b9-8-. The Morgan fingerprint density at radius 1 is 1.43 bits per heavy atom. The second-order valence-corrected chi connectivity index (χ2v) is 4.29. The third-order valence-electron chi connectivity index (χ3n) is 1.39. The molecule has 0 saturated carbocycles. The molecule has 0 amide bonds. The zero-order valence-corrected chi connectivity index (χ0v) is 9.81. The summed E-state index contributed by atoms with van der Waals surface area (Å²) < 4.78 is 5.13. The molecule has 0 heterocycles. The molecular weight excluding hydrogens is 178 g/mol. The van der Waals surface area contributed by atoms with E-state index in [0.717, 1.165) is 18.7 Å². The van der Waals surface area contributed by atoms with E-state index in [9.17, 15) is 4.79 Å². The quantitative estimate of drug-likeness (QED) is 0.557. The van der Waals surface area contributed by atoms with Crippen LogP contribution >= 0.6 is 0 Å². The molecule has 1 N–H and O–H groups in total. The average Bonchev–Trinajstić information content (AvgIpc) is 1.96. The third kappa shape index (κ3) is 7.65. The van der Waals surface area contributed by atoms with E-state index >= 15 is 0 Å². The number of carbonyl (C=O) groups excluding carboxylic acids is 1. The summed E-state index contributed by atoms with van der Waals surface area (Å²) in [6.45, 7) is 10.4. The molecule has 0 aliphatic heterocycles. The van der Waals surface area contributed by atoms with Gasteiger partial charge in [0.25, 0.3) is 0 Å². The lowest BCUT2D eigenvalue weighted by Gasteiger charge is -2.18. The molecule has 82 valence electrons. The monoisotopic (exact) mass is 199 g/mol. The molecule has 0 aromatic carbocycles. The fourth-order valence-electron chi connectivity index (χ4n) is 0.881. The largest absolute Gasteiger partial charge is 0.457 e. The Hall–Kier alpha value is -0.990. The number of rotatable bonds is 4. The minimum Gasteiger partial charge on any atom is -0.457 e. The summed E-state index contributed by atoms with van der Waals surface area (Å²) in [5.41, 5.74) is 0.430. The number of nitrogens with one attached hydrogen (secondary N) is 1. The normalized spacial score (nSPS) is 12.5. The van der Waals surface area contributed by atoms with Gasteiger partial charge in [0.05, 0.1) is 0 Å². The molecule has 0 rings (SSSR count). The first-order valence-electron chi connectivity index (χ1n) is 5.00. The van der Waals surface area contributed by atoms with E-state index in [1.807, 2.05) is 27.7 Å². The maximum Gasteiger partial charge on any atom is 0.333 e. The van der Waals surface area contributed by atoms with E-state index in [2.05, 4.69) is 12.2 Å². The molecule has 0 fully saturated rings. The van der Waals surface area contributed by atoms with Gasteiger partial charge in [0.1, 0.15) is 5.60 Å². The first-order valence-corrected chi connectivity index (χ1v) is 5.00. The predicted octanol–water partition coefficient (Wildman–Crippen LogP) is 2.23. The number of hydrogen-bond donors (Lipinski definition) is 1. The first-order chi connectivity index (χ1) is 6.35. The van der Waals surface area contributed by atoms with Crippen molar-refractivity contribution in [1.82, 2.24) is 5.32 Å². The second kappa shape index (κ2) is 5.68. The Balaban J connectivity index is 4.02. The Kier molecular flexibility index (Phi) is 5.28. The fraction of sp³-hybridized carbons (Fsp3) is 0.727. The lowest BCUT2D eigenvalue weighted by Crippen LogP contribution is -2.23. The topological polar surface area (TPSA) is 38.3 Å². The van der Waals surface area contributed by atoms with E-state index in [-0.39, 0.29) is 5.97 Å². The first kappa shape index (κ1) is 13.0. The van der Waals surface area contributed by atoms with Crippen molar-refractivity contribution in [3.8, 4) is 0 Å². The molecule has 0 aliphatic carbocycles. The highest BCUT2D eigenvalue weighted by Gasteiger charge is 2.14. The zero-order chi connectivity index (χ0) is 11.2. The van der Waals surface area contributed by atoms with Crippen molar-refractivity contribution in [3.05, 3.63) is 11.8 Å². The van der Waals surface area contributed by atoms with Crippen molar-refractivity contribution in [3.63, 3.8) is 0 Å². The van der Waals surface area contributed by atoms with Gasteiger partial charge in [0, 0.05) is 18.3 Å². The summed E-state index contributed by atoms with van der Waals surface area (Å²) in [4.78, 5) is 11.3. The fourth-order valence-corrected chi connectivity index (χ4v) is 0.881. The summed E-state index contributed by atoms with van der Waals surface area (Å²) in [7, 11) is 0. The van der Waals surface area contributed by atoms with Crippen molar-refractivity contribution in [1.29, 1.82) is 0 Å². The maximum absolute atomic E-state index is 11.3. The van der Waals surface area contributed by atoms with Gasteiger partial charge in [-0.3, -0.25) is 0 Å². The van der Waals surface area contributed by atoms with Crippen molar-refractivity contribution in [2.24, 2.45) is 0 Å². The van der Waals surface area contributed by atoms with Gasteiger partial charge in [-0.05, 0) is 34.1 Å². The highest BCUT2D eigenvalue weighted by atomic mass is 16.6. The van der Waals surface area contributed by atoms with Gasteiger partial charge in [0.2, 0.25) is 0 Å². The SMILES string of the molecule is CCCN/C(C)=C\C(=O)OC(C)(C)C. The molecule has 3 nitrogen and oxygen atoms in total. The van der Waals surface area contributed by atoms with Crippen LogP contribution in [0.3, 0.4) is 0 Å². The van der Waals surface area contributed by atoms with E-state index in [1.54, 1.807) is 0 Å². The molecule has 0 spiro atoms. The Labute approximate surface area is 86.5 Å². The summed E-state index contributed by atoms with van der Waals surface area (Å²) in [5, 5.41) is 3.11.